The average Bonchev–Trinajstić information content (AvgIpc) is 3.09. The van der Waals surface area contributed by atoms with Gasteiger partial charge in [0.25, 0.3) is 0 Å². The number of ether oxygens (including phenoxy) is 1. The number of hydrogen-bond acceptors (Lipinski definition) is 2. The van der Waals surface area contributed by atoms with E-state index in [2.05, 4.69) is 34.9 Å². The van der Waals surface area contributed by atoms with Crippen LogP contribution in [0.1, 0.15) is 42.9 Å². The molecule has 19 heavy (non-hydrogen) atoms. The van der Waals surface area contributed by atoms with Crippen molar-refractivity contribution in [2.24, 2.45) is 0 Å². The summed E-state index contributed by atoms with van der Waals surface area (Å²) in [5, 5.41) is 4.42. The first-order chi connectivity index (χ1) is 9.33. The lowest BCUT2D eigenvalue weighted by atomic mass is 10.1. The molecule has 1 fully saturated rings. The van der Waals surface area contributed by atoms with Gasteiger partial charge in [0, 0.05) is 0 Å². The van der Waals surface area contributed by atoms with Gasteiger partial charge in [0.2, 0.25) is 0 Å². The smallest absolute Gasteiger partial charge is 0.157 e. The third-order valence-corrected chi connectivity index (χ3v) is 3.93. The topological polar surface area (TPSA) is 27.1 Å². The summed E-state index contributed by atoms with van der Waals surface area (Å²) in [6.07, 6.45) is 9.01. The Kier molecular flexibility index (Phi) is 3.53. The van der Waals surface area contributed by atoms with E-state index in [1.807, 2.05) is 18.5 Å². The second kappa shape index (κ2) is 5.47. The van der Waals surface area contributed by atoms with Gasteiger partial charge in [-0.25, -0.2) is 0 Å². The van der Waals surface area contributed by atoms with Crippen molar-refractivity contribution < 1.29 is 4.74 Å². The molecule has 0 spiro atoms. The maximum Gasteiger partial charge on any atom is 0.157 e. The second-order valence-electron chi connectivity index (χ2n) is 5.31. The van der Waals surface area contributed by atoms with E-state index >= 15 is 0 Å². The van der Waals surface area contributed by atoms with Gasteiger partial charge in [0.05, 0.1) is 18.4 Å². The van der Waals surface area contributed by atoms with Gasteiger partial charge in [-0.3, -0.25) is 4.68 Å². The molecule has 1 saturated carbocycles. The summed E-state index contributed by atoms with van der Waals surface area (Å²) in [6.45, 7) is 2.73. The Balaban J connectivity index is 1.63. The fraction of sp³-hybridized carbons (Fsp3) is 0.438. The number of hydrogen-bond donors (Lipinski definition) is 0. The molecule has 1 aliphatic carbocycles. The maximum atomic E-state index is 5.83. The number of nitrogens with zero attached hydrogens (tertiary/aromatic N) is 2. The first kappa shape index (κ1) is 12.3. The van der Waals surface area contributed by atoms with E-state index < -0.39 is 0 Å². The Hall–Kier alpha value is -1.77. The minimum absolute atomic E-state index is 0.579. The largest absolute Gasteiger partial charge is 0.486 e. The van der Waals surface area contributed by atoms with E-state index in [4.69, 9.17) is 4.74 Å². The van der Waals surface area contributed by atoms with E-state index in [1.165, 1.54) is 36.8 Å². The van der Waals surface area contributed by atoms with Gasteiger partial charge in [-0.15, -0.1) is 0 Å². The van der Waals surface area contributed by atoms with Gasteiger partial charge in [-0.1, -0.05) is 37.1 Å². The molecule has 1 aliphatic rings. The highest BCUT2D eigenvalue weighted by Gasteiger charge is 2.17. The fourth-order valence-corrected chi connectivity index (χ4v) is 2.70. The summed E-state index contributed by atoms with van der Waals surface area (Å²) in [7, 11) is 0. The predicted octanol–water partition coefficient (Wildman–Crippen LogP) is 3.89. The third-order valence-electron chi connectivity index (χ3n) is 3.93. The van der Waals surface area contributed by atoms with Gasteiger partial charge >= 0.3 is 0 Å². The highest BCUT2D eigenvalue weighted by molar-refractivity contribution is 5.25. The second-order valence-corrected chi connectivity index (χ2v) is 5.31. The van der Waals surface area contributed by atoms with Crippen LogP contribution in [0.15, 0.2) is 36.7 Å². The van der Waals surface area contributed by atoms with E-state index in [0.29, 0.717) is 12.6 Å². The highest BCUT2D eigenvalue weighted by atomic mass is 16.5. The highest BCUT2D eigenvalue weighted by Crippen LogP contribution is 2.29. The Morgan fingerprint density at radius 1 is 1.26 bits per heavy atom. The number of aromatic nitrogens is 2. The van der Waals surface area contributed by atoms with Crippen LogP contribution in [-0.2, 0) is 6.61 Å². The van der Waals surface area contributed by atoms with Crippen LogP contribution in [0.5, 0.6) is 5.75 Å². The van der Waals surface area contributed by atoms with Gasteiger partial charge in [0.1, 0.15) is 6.61 Å². The summed E-state index contributed by atoms with van der Waals surface area (Å²) < 4.78 is 7.90. The lowest BCUT2D eigenvalue weighted by molar-refractivity contribution is 0.304. The number of benzene rings is 1. The Labute approximate surface area is 114 Å². The standard InChI is InChI=1S/C16H20N2O/c1-13-6-2-3-7-14(13)12-19-16-10-17-18(11-16)15-8-4-5-9-15/h2-3,6-7,10-11,15H,4-5,8-9,12H2,1H3. The summed E-state index contributed by atoms with van der Waals surface area (Å²) in [4.78, 5) is 0. The van der Waals surface area contributed by atoms with E-state index in [-0.39, 0.29) is 0 Å². The molecule has 2 aromatic rings. The third kappa shape index (κ3) is 2.80. The molecule has 0 aliphatic heterocycles. The van der Waals surface area contributed by atoms with Crippen LogP contribution in [-0.4, -0.2) is 9.78 Å². The molecule has 100 valence electrons. The van der Waals surface area contributed by atoms with Crippen LogP contribution in [0.2, 0.25) is 0 Å². The van der Waals surface area contributed by atoms with E-state index in [1.54, 1.807) is 0 Å². The van der Waals surface area contributed by atoms with E-state index in [0.717, 1.165) is 5.75 Å². The molecular weight excluding hydrogens is 236 g/mol. The van der Waals surface area contributed by atoms with Crippen molar-refractivity contribution >= 4 is 0 Å². The fourth-order valence-electron chi connectivity index (χ4n) is 2.70. The first-order valence-corrected chi connectivity index (χ1v) is 7.04. The average molecular weight is 256 g/mol. The molecule has 0 N–H and O–H groups in total. The van der Waals surface area contributed by atoms with Crippen LogP contribution >= 0.6 is 0 Å². The predicted molar refractivity (Wildman–Crippen MR) is 75.2 cm³/mol. The Morgan fingerprint density at radius 2 is 2.05 bits per heavy atom. The van der Waals surface area contributed by atoms with Crippen LogP contribution in [0.4, 0.5) is 0 Å². The minimum atomic E-state index is 0.579. The molecule has 0 radical (unpaired) electrons. The summed E-state index contributed by atoms with van der Waals surface area (Å²) >= 11 is 0. The van der Waals surface area contributed by atoms with Gasteiger partial charge in [-0.2, -0.15) is 5.10 Å². The van der Waals surface area contributed by atoms with Crippen molar-refractivity contribution in [2.45, 2.75) is 45.3 Å². The zero-order valence-corrected chi connectivity index (χ0v) is 11.4. The molecule has 1 aromatic heterocycles. The molecular formula is C16H20N2O. The minimum Gasteiger partial charge on any atom is -0.486 e. The lowest BCUT2D eigenvalue weighted by Gasteiger charge is -2.09. The Morgan fingerprint density at radius 3 is 2.84 bits per heavy atom. The molecule has 3 rings (SSSR count). The van der Waals surface area contributed by atoms with Crippen LogP contribution < -0.4 is 4.74 Å². The SMILES string of the molecule is Cc1ccccc1COc1cnn(C2CCCC2)c1. The summed E-state index contributed by atoms with van der Waals surface area (Å²) in [5.74, 6) is 0.871. The van der Waals surface area contributed by atoms with Crippen molar-refractivity contribution in [2.75, 3.05) is 0 Å². The molecule has 3 nitrogen and oxygen atoms in total. The number of rotatable bonds is 4. The quantitative estimate of drug-likeness (QED) is 0.830. The molecule has 0 bridgehead atoms. The molecule has 1 aromatic carbocycles. The molecule has 0 unspecified atom stereocenters. The molecule has 1 heterocycles. The zero-order valence-electron chi connectivity index (χ0n) is 11.4. The van der Waals surface area contributed by atoms with Gasteiger partial charge in [0.15, 0.2) is 5.75 Å². The molecule has 3 heteroatoms. The van der Waals surface area contributed by atoms with Crippen molar-refractivity contribution in [1.29, 1.82) is 0 Å². The van der Waals surface area contributed by atoms with Crippen LogP contribution in [0.25, 0.3) is 0 Å². The van der Waals surface area contributed by atoms with E-state index in [9.17, 15) is 0 Å². The molecule has 0 amide bonds. The normalized spacial score (nSPS) is 15.8. The van der Waals surface area contributed by atoms with Crippen LogP contribution in [0.3, 0.4) is 0 Å². The lowest BCUT2D eigenvalue weighted by Crippen LogP contribution is -2.04. The summed E-state index contributed by atoms with van der Waals surface area (Å²) in [5.41, 5.74) is 2.50. The van der Waals surface area contributed by atoms with Crippen molar-refractivity contribution in [1.82, 2.24) is 9.78 Å². The van der Waals surface area contributed by atoms with Gasteiger partial charge < -0.3 is 4.74 Å². The molecule has 0 atom stereocenters. The Bertz CT molecular complexity index is 541. The summed E-state index contributed by atoms with van der Waals surface area (Å²) in [6, 6.07) is 8.90. The first-order valence-electron chi connectivity index (χ1n) is 7.04. The van der Waals surface area contributed by atoms with Crippen molar-refractivity contribution in [3.8, 4) is 5.75 Å². The van der Waals surface area contributed by atoms with Crippen LogP contribution in [0, 0.1) is 6.92 Å². The van der Waals surface area contributed by atoms with Gasteiger partial charge in [-0.05, 0) is 30.9 Å². The zero-order chi connectivity index (χ0) is 13.1. The monoisotopic (exact) mass is 256 g/mol. The van der Waals surface area contributed by atoms with Crippen molar-refractivity contribution in [3.05, 3.63) is 47.8 Å². The number of aryl methyl sites for hydroxylation is 1. The maximum absolute atomic E-state index is 5.83. The van der Waals surface area contributed by atoms with Crippen molar-refractivity contribution in [3.63, 3.8) is 0 Å². The molecule has 0 saturated heterocycles.